The first-order valence-electron chi connectivity index (χ1n) is 7.48. The lowest BCUT2D eigenvalue weighted by molar-refractivity contribution is 0.0116. The van der Waals surface area contributed by atoms with Crippen molar-refractivity contribution in [1.82, 2.24) is 9.80 Å². The van der Waals surface area contributed by atoms with Crippen LogP contribution in [0.3, 0.4) is 0 Å². The predicted molar refractivity (Wildman–Crippen MR) is 79.4 cm³/mol. The number of thiophene rings is 1. The summed E-state index contributed by atoms with van der Waals surface area (Å²) in [4.78, 5) is 6.67. The smallest absolute Gasteiger partial charge is 0.0446 e. The maximum absolute atomic E-state index is 9.32. The lowest BCUT2D eigenvalue weighted by Gasteiger charge is -2.47. The van der Waals surface area contributed by atoms with Crippen molar-refractivity contribution in [2.45, 2.75) is 44.3 Å². The molecule has 0 radical (unpaired) electrons. The zero-order valence-corrected chi connectivity index (χ0v) is 12.3. The number of hydrogen-bond acceptors (Lipinski definition) is 4. The minimum atomic E-state index is 0.310. The minimum Gasteiger partial charge on any atom is -0.396 e. The van der Waals surface area contributed by atoms with E-state index in [1.807, 2.05) is 11.3 Å². The largest absolute Gasteiger partial charge is 0.396 e. The zero-order valence-electron chi connectivity index (χ0n) is 11.5. The molecule has 0 spiro atoms. The van der Waals surface area contributed by atoms with Crippen LogP contribution in [0.25, 0.3) is 0 Å². The highest BCUT2D eigenvalue weighted by Crippen LogP contribution is 2.28. The van der Waals surface area contributed by atoms with Gasteiger partial charge in [0.25, 0.3) is 0 Å². The molecule has 3 nitrogen and oxygen atoms in total. The molecule has 106 valence electrons. The van der Waals surface area contributed by atoms with Crippen molar-refractivity contribution in [3.8, 4) is 0 Å². The van der Waals surface area contributed by atoms with Gasteiger partial charge in [-0.15, -0.1) is 11.3 Å². The molecule has 2 aliphatic rings. The molecule has 1 saturated heterocycles. The average molecular weight is 280 g/mol. The molecule has 2 fully saturated rings. The van der Waals surface area contributed by atoms with Crippen LogP contribution in [0.15, 0.2) is 17.5 Å². The molecule has 3 rings (SSSR count). The minimum absolute atomic E-state index is 0.310. The number of rotatable bonds is 5. The summed E-state index contributed by atoms with van der Waals surface area (Å²) in [7, 11) is 0. The molecular weight excluding hydrogens is 256 g/mol. The van der Waals surface area contributed by atoms with Gasteiger partial charge in [-0.1, -0.05) is 12.5 Å². The Balaban J connectivity index is 1.60. The van der Waals surface area contributed by atoms with E-state index in [9.17, 15) is 5.11 Å². The summed E-state index contributed by atoms with van der Waals surface area (Å²) in [6.07, 6.45) is 5.09. The summed E-state index contributed by atoms with van der Waals surface area (Å²) in [6, 6.07) is 5.72. The average Bonchev–Trinajstić information content (AvgIpc) is 2.83. The quantitative estimate of drug-likeness (QED) is 0.895. The van der Waals surface area contributed by atoms with Crippen LogP contribution >= 0.6 is 11.3 Å². The summed E-state index contributed by atoms with van der Waals surface area (Å²) in [5.74, 6) is 0. The standard InChI is InChI=1S/C15H24N2OS/c18-9-6-14-11-16(13-3-1-4-13)7-8-17(14)12-15-5-2-10-19-15/h2,5,10,13-14,18H,1,3-4,6-9,11-12H2/t14-/m1/s1. The van der Waals surface area contributed by atoms with Gasteiger partial charge in [0.05, 0.1) is 0 Å². The Kier molecular flexibility index (Phi) is 4.53. The topological polar surface area (TPSA) is 26.7 Å². The third kappa shape index (κ3) is 3.19. The molecule has 4 heteroatoms. The van der Waals surface area contributed by atoms with Crippen molar-refractivity contribution in [1.29, 1.82) is 0 Å². The monoisotopic (exact) mass is 280 g/mol. The van der Waals surface area contributed by atoms with Crippen LogP contribution in [0, 0.1) is 0 Å². The first kappa shape index (κ1) is 13.6. The Morgan fingerprint density at radius 1 is 1.32 bits per heavy atom. The maximum Gasteiger partial charge on any atom is 0.0446 e. The van der Waals surface area contributed by atoms with Crippen molar-refractivity contribution in [3.63, 3.8) is 0 Å². The maximum atomic E-state index is 9.32. The van der Waals surface area contributed by atoms with E-state index >= 15 is 0 Å². The lowest BCUT2D eigenvalue weighted by atomic mass is 9.90. The summed E-state index contributed by atoms with van der Waals surface area (Å²) >= 11 is 1.84. The van der Waals surface area contributed by atoms with Crippen LogP contribution in [0.1, 0.15) is 30.6 Å². The molecule has 1 aromatic heterocycles. The molecular formula is C15H24N2OS. The van der Waals surface area contributed by atoms with Gasteiger partial charge in [0.2, 0.25) is 0 Å². The number of aliphatic hydroxyl groups excluding tert-OH is 1. The van der Waals surface area contributed by atoms with Crippen LogP contribution in [0.4, 0.5) is 0 Å². The highest BCUT2D eigenvalue weighted by Gasteiger charge is 2.32. The fraction of sp³-hybridized carbons (Fsp3) is 0.733. The summed E-state index contributed by atoms with van der Waals surface area (Å²) in [6.45, 7) is 4.87. The van der Waals surface area contributed by atoms with Crippen molar-refractivity contribution in [3.05, 3.63) is 22.4 Å². The van der Waals surface area contributed by atoms with Crippen LogP contribution in [-0.4, -0.2) is 53.2 Å². The van der Waals surface area contributed by atoms with E-state index in [1.54, 1.807) is 0 Å². The summed E-state index contributed by atoms with van der Waals surface area (Å²) in [5, 5.41) is 11.5. The Morgan fingerprint density at radius 3 is 2.84 bits per heavy atom. The van der Waals surface area contributed by atoms with Gasteiger partial charge < -0.3 is 5.11 Å². The number of piperazine rings is 1. The molecule has 19 heavy (non-hydrogen) atoms. The number of aliphatic hydroxyl groups is 1. The molecule has 1 aromatic rings. The van der Waals surface area contributed by atoms with E-state index in [2.05, 4.69) is 27.3 Å². The van der Waals surface area contributed by atoms with Crippen LogP contribution < -0.4 is 0 Å². The van der Waals surface area contributed by atoms with Gasteiger partial charge in [-0.3, -0.25) is 9.80 Å². The van der Waals surface area contributed by atoms with Crippen molar-refractivity contribution < 1.29 is 5.11 Å². The highest BCUT2D eigenvalue weighted by molar-refractivity contribution is 7.09. The van der Waals surface area contributed by atoms with Crippen molar-refractivity contribution in [2.24, 2.45) is 0 Å². The van der Waals surface area contributed by atoms with Crippen LogP contribution in [0.5, 0.6) is 0 Å². The van der Waals surface area contributed by atoms with Gasteiger partial charge in [0, 0.05) is 49.7 Å². The van der Waals surface area contributed by atoms with E-state index in [1.165, 1.54) is 30.7 Å². The molecule has 0 amide bonds. The van der Waals surface area contributed by atoms with Gasteiger partial charge in [-0.25, -0.2) is 0 Å². The normalized spacial score (nSPS) is 26.5. The van der Waals surface area contributed by atoms with Gasteiger partial charge in [-0.05, 0) is 30.7 Å². The third-order valence-electron chi connectivity index (χ3n) is 4.63. The molecule has 1 saturated carbocycles. The highest BCUT2D eigenvalue weighted by atomic mass is 32.1. The Hall–Kier alpha value is -0.420. The predicted octanol–water partition coefficient (Wildman–Crippen LogP) is 2.17. The zero-order chi connectivity index (χ0) is 13.1. The van der Waals surface area contributed by atoms with E-state index < -0.39 is 0 Å². The third-order valence-corrected chi connectivity index (χ3v) is 5.49. The molecule has 1 atom stereocenters. The van der Waals surface area contributed by atoms with Crippen LogP contribution in [0.2, 0.25) is 0 Å². The Morgan fingerprint density at radius 2 is 2.21 bits per heavy atom. The van der Waals surface area contributed by atoms with E-state index in [-0.39, 0.29) is 0 Å². The van der Waals surface area contributed by atoms with Crippen molar-refractivity contribution in [2.75, 3.05) is 26.2 Å². The second-order valence-electron chi connectivity index (χ2n) is 5.80. The molecule has 1 aliphatic heterocycles. The fourth-order valence-electron chi connectivity index (χ4n) is 3.23. The van der Waals surface area contributed by atoms with E-state index in [0.29, 0.717) is 12.6 Å². The summed E-state index contributed by atoms with van der Waals surface area (Å²) in [5.41, 5.74) is 0. The molecule has 1 N–H and O–H groups in total. The SMILES string of the molecule is OCC[C@@H]1CN(C2CCC2)CCN1Cc1cccs1. The van der Waals surface area contributed by atoms with E-state index in [0.717, 1.165) is 32.1 Å². The fourth-order valence-corrected chi connectivity index (χ4v) is 3.96. The van der Waals surface area contributed by atoms with Gasteiger partial charge in [0.15, 0.2) is 0 Å². The molecule has 0 unspecified atom stereocenters. The first-order chi connectivity index (χ1) is 9.36. The van der Waals surface area contributed by atoms with Gasteiger partial charge in [0.1, 0.15) is 0 Å². The number of hydrogen-bond donors (Lipinski definition) is 1. The number of nitrogens with zero attached hydrogens (tertiary/aromatic N) is 2. The first-order valence-corrected chi connectivity index (χ1v) is 8.36. The van der Waals surface area contributed by atoms with Crippen molar-refractivity contribution >= 4 is 11.3 Å². The van der Waals surface area contributed by atoms with Gasteiger partial charge in [-0.2, -0.15) is 0 Å². The van der Waals surface area contributed by atoms with E-state index in [4.69, 9.17) is 0 Å². The summed E-state index contributed by atoms with van der Waals surface area (Å²) < 4.78 is 0. The Bertz CT molecular complexity index is 378. The lowest BCUT2D eigenvalue weighted by Crippen LogP contribution is -2.56. The molecule has 1 aliphatic carbocycles. The van der Waals surface area contributed by atoms with Crippen LogP contribution in [-0.2, 0) is 6.54 Å². The molecule has 2 heterocycles. The second-order valence-corrected chi connectivity index (χ2v) is 6.83. The second kappa shape index (κ2) is 6.35. The Labute approximate surface area is 119 Å². The molecule has 0 bridgehead atoms. The molecule has 0 aromatic carbocycles. The van der Waals surface area contributed by atoms with Gasteiger partial charge >= 0.3 is 0 Å².